The van der Waals surface area contributed by atoms with Gasteiger partial charge in [-0.2, -0.15) is 0 Å². The Hall–Kier alpha value is -2.51. The summed E-state index contributed by atoms with van der Waals surface area (Å²) in [6.45, 7) is 3.19. The van der Waals surface area contributed by atoms with Crippen molar-refractivity contribution >= 4 is 17.8 Å². The molecule has 0 aromatic carbocycles. The number of hydrogen-bond donors (Lipinski definition) is 1. The van der Waals surface area contributed by atoms with Crippen LogP contribution in [0.2, 0.25) is 0 Å². The summed E-state index contributed by atoms with van der Waals surface area (Å²) >= 11 is 0. The molecule has 0 unspecified atom stereocenters. The van der Waals surface area contributed by atoms with Gasteiger partial charge in [-0.25, -0.2) is 14.6 Å². The third-order valence-electron chi connectivity index (χ3n) is 3.09. The summed E-state index contributed by atoms with van der Waals surface area (Å²) in [4.78, 5) is 42.5. The Bertz CT molecular complexity index is 520. The van der Waals surface area contributed by atoms with Crippen LogP contribution < -0.4 is 5.32 Å². The molecule has 22 heavy (non-hydrogen) atoms. The van der Waals surface area contributed by atoms with E-state index in [-0.39, 0.29) is 11.6 Å². The van der Waals surface area contributed by atoms with Crippen molar-refractivity contribution in [1.82, 2.24) is 15.3 Å². The van der Waals surface area contributed by atoms with Gasteiger partial charge in [-0.3, -0.25) is 9.78 Å². The minimum atomic E-state index is -0.780. The topological polar surface area (TPSA) is 107 Å². The van der Waals surface area contributed by atoms with E-state index in [2.05, 4.69) is 20.0 Å². The Morgan fingerprint density at radius 3 is 2.59 bits per heavy atom. The second-order valence-corrected chi connectivity index (χ2v) is 4.62. The van der Waals surface area contributed by atoms with Crippen LogP contribution in [-0.2, 0) is 19.1 Å². The number of carbonyl (C=O) groups is 3. The van der Waals surface area contributed by atoms with Gasteiger partial charge in [0.05, 0.1) is 13.3 Å². The summed E-state index contributed by atoms with van der Waals surface area (Å²) in [7, 11) is 1.25. The number of aromatic nitrogens is 2. The average Bonchev–Trinajstić information content (AvgIpc) is 2.56. The van der Waals surface area contributed by atoms with Crippen molar-refractivity contribution in [3.63, 3.8) is 0 Å². The van der Waals surface area contributed by atoms with Gasteiger partial charge in [0.1, 0.15) is 6.04 Å². The standard InChI is InChI=1S/C14H19N3O5/c1-4-9(2)12(14(20)21-3)17-11(18)8-22-13(19)10-7-15-5-6-16-10/h5-7,9,12H,4,8H2,1-3H3,(H,17,18)/t9-,12+/m0/s1. The van der Waals surface area contributed by atoms with Crippen LogP contribution in [0, 0.1) is 5.92 Å². The van der Waals surface area contributed by atoms with Crippen molar-refractivity contribution in [2.24, 2.45) is 5.92 Å². The maximum absolute atomic E-state index is 11.8. The molecule has 1 amide bonds. The van der Waals surface area contributed by atoms with E-state index in [0.29, 0.717) is 6.42 Å². The van der Waals surface area contributed by atoms with Gasteiger partial charge in [-0.15, -0.1) is 0 Å². The molecule has 0 aliphatic rings. The van der Waals surface area contributed by atoms with Crippen molar-refractivity contribution in [3.8, 4) is 0 Å². The first-order chi connectivity index (χ1) is 10.5. The lowest BCUT2D eigenvalue weighted by molar-refractivity contribution is -0.147. The van der Waals surface area contributed by atoms with E-state index in [1.165, 1.54) is 25.7 Å². The largest absolute Gasteiger partial charge is 0.467 e. The summed E-state index contributed by atoms with van der Waals surface area (Å²) in [5.41, 5.74) is 0.00161. The molecule has 0 radical (unpaired) electrons. The summed E-state index contributed by atoms with van der Waals surface area (Å²) in [6, 6.07) is -0.780. The Morgan fingerprint density at radius 2 is 2.05 bits per heavy atom. The van der Waals surface area contributed by atoms with Crippen molar-refractivity contribution < 1.29 is 23.9 Å². The minimum absolute atomic E-state index is 0.00161. The fraction of sp³-hybridized carbons (Fsp3) is 0.500. The number of nitrogens with one attached hydrogen (secondary N) is 1. The Balaban J connectivity index is 2.54. The third-order valence-corrected chi connectivity index (χ3v) is 3.09. The first kappa shape index (κ1) is 17.5. The molecule has 0 saturated carbocycles. The highest BCUT2D eigenvalue weighted by Crippen LogP contribution is 2.09. The van der Waals surface area contributed by atoms with Crippen LogP contribution in [0.1, 0.15) is 30.8 Å². The molecule has 0 saturated heterocycles. The smallest absolute Gasteiger partial charge is 0.359 e. The number of hydrogen-bond acceptors (Lipinski definition) is 7. The van der Waals surface area contributed by atoms with Crippen molar-refractivity contribution in [3.05, 3.63) is 24.3 Å². The number of rotatable bonds is 7. The van der Waals surface area contributed by atoms with E-state index < -0.39 is 30.5 Å². The van der Waals surface area contributed by atoms with Gasteiger partial charge in [0.25, 0.3) is 5.91 Å². The van der Waals surface area contributed by atoms with E-state index in [1.54, 1.807) is 0 Å². The number of carbonyl (C=O) groups excluding carboxylic acids is 3. The summed E-state index contributed by atoms with van der Waals surface area (Å²) in [5.74, 6) is -2.00. The van der Waals surface area contributed by atoms with E-state index in [9.17, 15) is 14.4 Å². The molecule has 8 nitrogen and oxygen atoms in total. The number of amides is 1. The molecule has 1 aromatic rings. The monoisotopic (exact) mass is 309 g/mol. The van der Waals surface area contributed by atoms with Crippen LogP contribution in [-0.4, -0.2) is 47.6 Å². The highest BCUT2D eigenvalue weighted by molar-refractivity contribution is 5.90. The molecule has 0 aliphatic heterocycles. The molecular weight excluding hydrogens is 290 g/mol. The zero-order chi connectivity index (χ0) is 16.5. The maximum Gasteiger partial charge on any atom is 0.359 e. The fourth-order valence-corrected chi connectivity index (χ4v) is 1.62. The van der Waals surface area contributed by atoms with Crippen LogP contribution in [0.15, 0.2) is 18.6 Å². The third kappa shape index (κ3) is 5.12. The fourth-order valence-electron chi connectivity index (χ4n) is 1.62. The quantitative estimate of drug-likeness (QED) is 0.723. The summed E-state index contributed by atoms with van der Waals surface area (Å²) in [5, 5.41) is 2.50. The number of ether oxygens (including phenoxy) is 2. The Morgan fingerprint density at radius 1 is 1.32 bits per heavy atom. The number of methoxy groups -OCH3 is 1. The van der Waals surface area contributed by atoms with Crippen LogP contribution in [0.3, 0.4) is 0 Å². The zero-order valence-electron chi connectivity index (χ0n) is 12.7. The lowest BCUT2D eigenvalue weighted by atomic mass is 9.99. The molecule has 2 atom stereocenters. The van der Waals surface area contributed by atoms with E-state index >= 15 is 0 Å². The molecule has 0 aliphatic carbocycles. The Kier molecular flexibility index (Phi) is 6.94. The van der Waals surface area contributed by atoms with Crippen LogP contribution in [0.5, 0.6) is 0 Å². The van der Waals surface area contributed by atoms with E-state index in [1.807, 2.05) is 13.8 Å². The predicted octanol–water partition coefficient (Wildman–Crippen LogP) is 0.337. The van der Waals surface area contributed by atoms with Crippen LogP contribution in [0.4, 0.5) is 0 Å². The summed E-state index contributed by atoms with van der Waals surface area (Å²) < 4.78 is 9.46. The minimum Gasteiger partial charge on any atom is -0.467 e. The normalized spacial score (nSPS) is 12.9. The zero-order valence-corrected chi connectivity index (χ0v) is 12.7. The highest BCUT2D eigenvalue weighted by atomic mass is 16.5. The molecular formula is C14H19N3O5. The van der Waals surface area contributed by atoms with Gasteiger partial charge in [0.2, 0.25) is 0 Å². The Labute approximate surface area is 128 Å². The van der Waals surface area contributed by atoms with Crippen molar-refractivity contribution in [2.45, 2.75) is 26.3 Å². The second kappa shape index (κ2) is 8.71. The van der Waals surface area contributed by atoms with Crippen molar-refractivity contribution in [2.75, 3.05) is 13.7 Å². The van der Waals surface area contributed by atoms with Gasteiger partial charge in [0.15, 0.2) is 12.3 Å². The van der Waals surface area contributed by atoms with Gasteiger partial charge < -0.3 is 14.8 Å². The predicted molar refractivity (Wildman–Crippen MR) is 75.7 cm³/mol. The van der Waals surface area contributed by atoms with Crippen LogP contribution >= 0.6 is 0 Å². The lowest BCUT2D eigenvalue weighted by Crippen LogP contribution is -2.47. The lowest BCUT2D eigenvalue weighted by Gasteiger charge is -2.21. The van der Waals surface area contributed by atoms with Gasteiger partial charge in [0, 0.05) is 12.4 Å². The molecule has 0 spiro atoms. The molecule has 8 heteroatoms. The molecule has 1 heterocycles. The number of esters is 2. The SMILES string of the molecule is CC[C@H](C)[C@@H](NC(=O)COC(=O)c1cnccn1)C(=O)OC. The number of nitrogens with zero attached hydrogens (tertiary/aromatic N) is 2. The first-order valence-corrected chi connectivity index (χ1v) is 6.79. The maximum atomic E-state index is 11.8. The van der Waals surface area contributed by atoms with Crippen molar-refractivity contribution in [1.29, 1.82) is 0 Å². The van der Waals surface area contributed by atoms with E-state index in [0.717, 1.165) is 0 Å². The first-order valence-electron chi connectivity index (χ1n) is 6.79. The second-order valence-electron chi connectivity index (χ2n) is 4.62. The molecule has 1 rings (SSSR count). The van der Waals surface area contributed by atoms with Gasteiger partial charge in [-0.1, -0.05) is 20.3 Å². The van der Waals surface area contributed by atoms with Gasteiger partial charge >= 0.3 is 11.9 Å². The molecule has 120 valence electrons. The molecule has 0 bridgehead atoms. The van der Waals surface area contributed by atoms with E-state index in [4.69, 9.17) is 4.74 Å². The summed E-state index contributed by atoms with van der Waals surface area (Å²) in [6.07, 6.45) is 4.67. The molecule has 1 aromatic heterocycles. The molecule has 0 fully saturated rings. The molecule has 1 N–H and O–H groups in total. The highest BCUT2D eigenvalue weighted by Gasteiger charge is 2.27. The average molecular weight is 309 g/mol. The van der Waals surface area contributed by atoms with Crippen LogP contribution in [0.25, 0.3) is 0 Å². The van der Waals surface area contributed by atoms with Gasteiger partial charge in [-0.05, 0) is 5.92 Å².